The number of amides is 1. The van der Waals surface area contributed by atoms with Crippen LogP contribution in [0.4, 0.5) is 0 Å². The number of ether oxygens (including phenoxy) is 1. The van der Waals surface area contributed by atoms with Gasteiger partial charge in [-0.15, -0.1) is 24.8 Å². The molecule has 0 aromatic rings. The van der Waals surface area contributed by atoms with Crippen LogP contribution >= 0.6 is 24.8 Å². The summed E-state index contributed by atoms with van der Waals surface area (Å²) in [4.78, 5) is 17.4. The predicted molar refractivity (Wildman–Crippen MR) is 108 cm³/mol. The third-order valence-electron chi connectivity index (χ3n) is 6.80. The summed E-state index contributed by atoms with van der Waals surface area (Å²) in [6.07, 6.45) is 10.8. The third-order valence-corrected chi connectivity index (χ3v) is 6.80. The molecule has 4 aliphatic rings. The number of piperidine rings is 1. The molecular weight excluding hydrogens is 373 g/mol. The zero-order valence-corrected chi connectivity index (χ0v) is 17.4. The molecule has 0 radical (unpaired) electrons. The number of carbonyl (C=O) groups is 1. The van der Waals surface area contributed by atoms with E-state index in [0.717, 1.165) is 58.5 Å². The van der Waals surface area contributed by atoms with Crippen molar-refractivity contribution in [3.8, 4) is 0 Å². The van der Waals surface area contributed by atoms with Gasteiger partial charge in [0.25, 0.3) is 0 Å². The van der Waals surface area contributed by atoms with Crippen molar-refractivity contribution < 1.29 is 9.53 Å². The maximum Gasteiger partial charge on any atom is 0.237 e. The fourth-order valence-corrected chi connectivity index (χ4v) is 5.34. The maximum atomic E-state index is 12.8. The molecule has 3 aliphatic heterocycles. The van der Waals surface area contributed by atoms with E-state index >= 15 is 0 Å². The first kappa shape index (κ1) is 22.2. The highest BCUT2D eigenvalue weighted by Crippen LogP contribution is 2.35. The lowest BCUT2D eigenvalue weighted by atomic mass is 9.82. The number of hydrogen-bond donors (Lipinski definition) is 1. The second-order valence-corrected chi connectivity index (χ2v) is 8.28. The van der Waals surface area contributed by atoms with Gasteiger partial charge in [-0.25, -0.2) is 0 Å². The molecule has 1 amide bonds. The Morgan fingerprint density at radius 3 is 2.38 bits per heavy atom. The smallest absolute Gasteiger partial charge is 0.237 e. The molecule has 7 heteroatoms. The Kier molecular flexibility index (Phi) is 8.48. The molecule has 3 heterocycles. The molecule has 1 spiro atoms. The quantitative estimate of drug-likeness (QED) is 0.763. The van der Waals surface area contributed by atoms with Gasteiger partial charge in [-0.2, -0.15) is 0 Å². The number of hydrogen-bond acceptors (Lipinski definition) is 4. The molecule has 1 unspecified atom stereocenters. The van der Waals surface area contributed by atoms with E-state index in [1.165, 1.54) is 32.1 Å². The van der Waals surface area contributed by atoms with Gasteiger partial charge in [-0.3, -0.25) is 9.69 Å². The first-order valence-corrected chi connectivity index (χ1v) is 10.1. The predicted octanol–water partition coefficient (Wildman–Crippen LogP) is 2.61. The van der Waals surface area contributed by atoms with Gasteiger partial charge in [-0.1, -0.05) is 19.3 Å². The summed E-state index contributed by atoms with van der Waals surface area (Å²) >= 11 is 0. The number of carbonyl (C=O) groups excluding carboxylic acids is 1. The van der Waals surface area contributed by atoms with Gasteiger partial charge in [0, 0.05) is 31.8 Å². The highest BCUT2D eigenvalue weighted by Gasteiger charge is 2.42. The van der Waals surface area contributed by atoms with Crippen LogP contribution in [0.2, 0.25) is 0 Å². The minimum atomic E-state index is 0. The third kappa shape index (κ3) is 4.85. The summed E-state index contributed by atoms with van der Waals surface area (Å²) in [5.41, 5.74) is 0.0811. The van der Waals surface area contributed by atoms with Gasteiger partial charge in [-0.05, 0) is 51.6 Å². The lowest BCUT2D eigenvalue weighted by molar-refractivity contribution is -0.148. The van der Waals surface area contributed by atoms with Gasteiger partial charge in [0.2, 0.25) is 5.91 Å². The Morgan fingerprint density at radius 1 is 0.962 bits per heavy atom. The Balaban J connectivity index is 0.00000121. The topological polar surface area (TPSA) is 44.8 Å². The van der Waals surface area contributed by atoms with Crippen LogP contribution in [0.25, 0.3) is 0 Å². The lowest BCUT2D eigenvalue weighted by Crippen LogP contribution is -2.59. The molecule has 1 aliphatic carbocycles. The lowest BCUT2D eigenvalue weighted by Gasteiger charge is -2.49. The molecule has 4 fully saturated rings. The fraction of sp³-hybridized carbons (Fsp3) is 0.947. The molecule has 1 atom stereocenters. The van der Waals surface area contributed by atoms with Crippen molar-refractivity contribution in [3.63, 3.8) is 0 Å². The standard InChI is InChI=1S/C19H33N3O2.2ClH/c23-18-15-21(11-12-22(18)16-4-2-1-3-5-16)17-6-13-24-19(14-17)7-9-20-10-8-19;;/h16-17,20H,1-15H2;2*1H. The van der Waals surface area contributed by atoms with Gasteiger partial charge in [0.15, 0.2) is 0 Å². The number of rotatable bonds is 2. The van der Waals surface area contributed by atoms with Crippen molar-refractivity contribution in [2.45, 2.75) is 75.5 Å². The van der Waals surface area contributed by atoms with E-state index in [4.69, 9.17) is 4.74 Å². The first-order chi connectivity index (χ1) is 11.8. The van der Waals surface area contributed by atoms with Crippen molar-refractivity contribution in [1.29, 1.82) is 0 Å². The maximum absolute atomic E-state index is 12.8. The minimum absolute atomic E-state index is 0. The Labute approximate surface area is 170 Å². The van der Waals surface area contributed by atoms with Crippen molar-refractivity contribution in [2.75, 3.05) is 39.3 Å². The second-order valence-electron chi connectivity index (χ2n) is 8.28. The molecule has 1 N–H and O–H groups in total. The molecule has 0 aromatic carbocycles. The Morgan fingerprint density at radius 2 is 1.69 bits per heavy atom. The van der Waals surface area contributed by atoms with Crippen LogP contribution in [0.5, 0.6) is 0 Å². The molecule has 5 nitrogen and oxygen atoms in total. The zero-order valence-electron chi connectivity index (χ0n) is 15.8. The van der Waals surface area contributed by atoms with Crippen LogP contribution in [-0.4, -0.2) is 72.7 Å². The van der Waals surface area contributed by atoms with Crippen molar-refractivity contribution in [3.05, 3.63) is 0 Å². The van der Waals surface area contributed by atoms with Crippen molar-refractivity contribution in [2.24, 2.45) is 0 Å². The van der Waals surface area contributed by atoms with Gasteiger partial charge in [0.1, 0.15) is 0 Å². The number of nitrogens with zero attached hydrogens (tertiary/aromatic N) is 2. The van der Waals surface area contributed by atoms with E-state index in [0.29, 0.717) is 24.5 Å². The molecule has 152 valence electrons. The summed E-state index contributed by atoms with van der Waals surface area (Å²) in [6, 6.07) is 1.06. The number of halogens is 2. The van der Waals surface area contributed by atoms with E-state index in [-0.39, 0.29) is 30.4 Å². The average molecular weight is 408 g/mol. The SMILES string of the molecule is Cl.Cl.O=C1CN(C2CCOC3(CCNCC3)C2)CCN1C1CCCCC1. The van der Waals surface area contributed by atoms with Gasteiger partial charge >= 0.3 is 0 Å². The Hall–Kier alpha value is -0.0700. The number of piperazine rings is 1. The van der Waals surface area contributed by atoms with Crippen molar-refractivity contribution in [1.82, 2.24) is 15.1 Å². The van der Waals surface area contributed by atoms with Crippen LogP contribution in [-0.2, 0) is 9.53 Å². The van der Waals surface area contributed by atoms with Crippen molar-refractivity contribution >= 4 is 30.7 Å². The molecule has 0 bridgehead atoms. The van der Waals surface area contributed by atoms with E-state index in [2.05, 4.69) is 15.1 Å². The van der Waals surface area contributed by atoms with Crippen LogP contribution in [0.15, 0.2) is 0 Å². The molecule has 3 saturated heterocycles. The van der Waals surface area contributed by atoms with E-state index < -0.39 is 0 Å². The fourth-order valence-electron chi connectivity index (χ4n) is 5.34. The van der Waals surface area contributed by atoms with Gasteiger partial charge in [0.05, 0.1) is 12.1 Å². The summed E-state index contributed by atoms with van der Waals surface area (Å²) < 4.78 is 6.21. The molecule has 4 rings (SSSR count). The highest BCUT2D eigenvalue weighted by atomic mass is 35.5. The number of nitrogens with one attached hydrogen (secondary N) is 1. The van der Waals surface area contributed by atoms with Crippen LogP contribution in [0.1, 0.15) is 57.8 Å². The highest BCUT2D eigenvalue weighted by molar-refractivity contribution is 5.85. The van der Waals surface area contributed by atoms with Gasteiger partial charge < -0.3 is 15.0 Å². The van der Waals surface area contributed by atoms with E-state index in [1.807, 2.05) is 0 Å². The van der Waals surface area contributed by atoms with E-state index in [1.54, 1.807) is 0 Å². The van der Waals surface area contributed by atoms with E-state index in [9.17, 15) is 4.79 Å². The minimum Gasteiger partial charge on any atom is -0.375 e. The first-order valence-electron chi connectivity index (χ1n) is 10.1. The van der Waals surface area contributed by atoms with Crippen LogP contribution in [0.3, 0.4) is 0 Å². The normalized spacial score (nSPS) is 30.5. The summed E-state index contributed by atoms with van der Waals surface area (Å²) in [5, 5.41) is 3.45. The van der Waals surface area contributed by atoms with Crippen LogP contribution in [0, 0.1) is 0 Å². The summed E-state index contributed by atoms with van der Waals surface area (Å²) in [6.45, 7) is 5.63. The summed E-state index contributed by atoms with van der Waals surface area (Å²) in [5.74, 6) is 0.374. The molecular formula is C19H35Cl2N3O2. The molecule has 0 aromatic heterocycles. The monoisotopic (exact) mass is 407 g/mol. The summed E-state index contributed by atoms with van der Waals surface area (Å²) in [7, 11) is 0. The molecule has 26 heavy (non-hydrogen) atoms. The zero-order chi connectivity index (χ0) is 16.4. The average Bonchev–Trinajstić information content (AvgIpc) is 2.63. The Bertz CT molecular complexity index is 449. The largest absolute Gasteiger partial charge is 0.375 e. The second kappa shape index (κ2) is 9.92. The van der Waals surface area contributed by atoms with Crippen LogP contribution < -0.4 is 5.32 Å². The molecule has 1 saturated carbocycles.